The van der Waals surface area contributed by atoms with Crippen molar-refractivity contribution in [2.75, 3.05) is 18.1 Å². The minimum Gasteiger partial charge on any atom is -0.394 e. The predicted octanol–water partition coefficient (Wildman–Crippen LogP) is 2.96. The van der Waals surface area contributed by atoms with Gasteiger partial charge in [-0.25, -0.2) is 4.98 Å². The number of hydrogen-bond donors (Lipinski definition) is 1. The van der Waals surface area contributed by atoms with E-state index < -0.39 is 0 Å². The normalized spacial score (nSPS) is 19.7. The molecule has 1 aromatic heterocycles. The van der Waals surface area contributed by atoms with Crippen LogP contribution in [0.15, 0.2) is 34.9 Å². The second-order valence-electron chi connectivity index (χ2n) is 4.64. The van der Waals surface area contributed by atoms with E-state index in [2.05, 4.69) is 31.9 Å². The van der Waals surface area contributed by atoms with Crippen molar-refractivity contribution in [3.8, 4) is 0 Å². The molecule has 18 heavy (non-hydrogen) atoms. The van der Waals surface area contributed by atoms with Crippen molar-refractivity contribution >= 4 is 32.5 Å². The van der Waals surface area contributed by atoms with Crippen molar-refractivity contribution < 1.29 is 5.11 Å². The van der Waals surface area contributed by atoms with Crippen molar-refractivity contribution in [2.24, 2.45) is 0 Å². The minimum absolute atomic E-state index is 0.200. The highest BCUT2D eigenvalue weighted by Crippen LogP contribution is 2.33. The van der Waals surface area contributed by atoms with Crippen LogP contribution in [0.4, 0.5) is 5.82 Å². The van der Waals surface area contributed by atoms with Gasteiger partial charge in [0.25, 0.3) is 0 Å². The number of nitrogens with zero attached hydrogens (tertiary/aromatic N) is 2. The molecule has 0 spiro atoms. The highest BCUT2D eigenvalue weighted by Gasteiger charge is 2.26. The van der Waals surface area contributed by atoms with Crippen molar-refractivity contribution in [3.63, 3.8) is 0 Å². The molecule has 0 bridgehead atoms. The number of aliphatic hydroxyl groups excluding tert-OH is 1. The third-order valence-electron chi connectivity index (χ3n) is 3.59. The summed E-state index contributed by atoms with van der Waals surface area (Å²) in [5.41, 5.74) is 0. The molecule has 0 amide bonds. The number of rotatable bonds is 2. The molecule has 2 aromatic rings. The zero-order valence-corrected chi connectivity index (χ0v) is 11.6. The largest absolute Gasteiger partial charge is 0.394 e. The second kappa shape index (κ2) is 4.86. The fourth-order valence-corrected chi connectivity index (χ4v) is 3.18. The van der Waals surface area contributed by atoms with Gasteiger partial charge >= 0.3 is 0 Å². The Morgan fingerprint density at radius 1 is 1.33 bits per heavy atom. The SMILES string of the molecule is OCC1CCCN1c1nccc2c(Br)cccc12. The number of pyridine rings is 1. The Hall–Kier alpha value is -1.13. The molecule has 1 unspecified atom stereocenters. The van der Waals surface area contributed by atoms with Gasteiger partial charge in [0.05, 0.1) is 12.6 Å². The van der Waals surface area contributed by atoms with E-state index in [4.69, 9.17) is 0 Å². The predicted molar refractivity (Wildman–Crippen MR) is 76.9 cm³/mol. The first kappa shape index (κ1) is 11.9. The Morgan fingerprint density at radius 3 is 3.06 bits per heavy atom. The minimum atomic E-state index is 0.200. The zero-order valence-electron chi connectivity index (χ0n) is 10.0. The summed E-state index contributed by atoms with van der Waals surface area (Å²) < 4.78 is 1.09. The topological polar surface area (TPSA) is 36.4 Å². The van der Waals surface area contributed by atoms with E-state index in [9.17, 15) is 5.11 Å². The lowest BCUT2D eigenvalue weighted by Gasteiger charge is -2.25. The maximum Gasteiger partial charge on any atom is 0.136 e. The molecule has 3 rings (SSSR count). The van der Waals surface area contributed by atoms with Gasteiger partial charge in [-0.15, -0.1) is 0 Å². The van der Waals surface area contributed by atoms with Gasteiger partial charge in [-0.2, -0.15) is 0 Å². The van der Waals surface area contributed by atoms with Crippen LogP contribution in [0.3, 0.4) is 0 Å². The van der Waals surface area contributed by atoms with Crippen LogP contribution in [0.2, 0.25) is 0 Å². The van der Waals surface area contributed by atoms with Crippen molar-refractivity contribution in [2.45, 2.75) is 18.9 Å². The highest BCUT2D eigenvalue weighted by atomic mass is 79.9. The molecule has 1 saturated heterocycles. The molecule has 4 heteroatoms. The standard InChI is InChI=1S/C14H15BrN2O/c15-13-5-1-4-12-11(13)6-7-16-14(12)17-8-2-3-10(17)9-18/h1,4-7,10,18H,2-3,8-9H2. The molecule has 3 nitrogen and oxygen atoms in total. The van der Waals surface area contributed by atoms with Gasteiger partial charge in [-0.3, -0.25) is 0 Å². The molecule has 1 aliphatic rings. The van der Waals surface area contributed by atoms with Gasteiger partial charge in [0.15, 0.2) is 0 Å². The molecular formula is C14H15BrN2O. The Balaban J connectivity index is 2.14. The summed E-state index contributed by atoms with van der Waals surface area (Å²) in [4.78, 5) is 6.75. The van der Waals surface area contributed by atoms with Crippen LogP contribution in [0.5, 0.6) is 0 Å². The van der Waals surface area contributed by atoms with E-state index in [0.717, 1.165) is 35.1 Å². The molecule has 0 radical (unpaired) electrons. The van der Waals surface area contributed by atoms with Crippen molar-refractivity contribution in [1.29, 1.82) is 0 Å². The van der Waals surface area contributed by atoms with Crippen LogP contribution < -0.4 is 4.90 Å². The number of fused-ring (bicyclic) bond motifs is 1. The summed E-state index contributed by atoms with van der Waals surface area (Å²) in [6.07, 6.45) is 4.01. The van der Waals surface area contributed by atoms with E-state index in [1.54, 1.807) is 0 Å². The molecule has 0 aliphatic carbocycles. The maximum absolute atomic E-state index is 9.45. The van der Waals surface area contributed by atoms with Gasteiger partial charge in [-0.1, -0.05) is 28.1 Å². The molecule has 0 saturated carbocycles. The molecule has 1 aliphatic heterocycles. The smallest absolute Gasteiger partial charge is 0.136 e. The Kier molecular flexibility index (Phi) is 3.22. The van der Waals surface area contributed by atoms with Gasteiger partial charge < -0.3 is 10.0 Å². The molecule has 1 N–H and O–H groups in total. The number of aliphatic hydroxyl groups is 1. The lowest BCUT2D eigenvalue weighted by Crippen LogP contribution is -2.32. The van der Waals surface area contributed by atoms with Crippen LogP contribution in [-0.4, -0.2) is 29.3 Å². The molecule has 1 fully saturated rings. The average Bonchev–Trinajstić information content (AvgIpc) is 2.87. The number of benzene rings is 1. The van der Waals surface area contributed by atoms with Gasteiger partial charge in [-0.05, 0) is 25.0 Å². The van der Waals surface area contributed by atoms with Gasteiger partial charge in [0.2, 0.25) is 0 Å². The quantitative estimate of drug-likeness (QED) is 0.926. The number of hydrogen-bond acceptors (Lipinski definition) is 3. The van der Waals surface area contributed by atoms with Crippen LogP contribution >= 0.6 is 15.9 Å². The third-order valence-corrected chi connectivity index (χ3v) is 4.28. The first-order valence-corrected chi connectivity index (χ1v) is 7.01. The summed E-state index contributed by atoms with van der Waals surface area (Å²) in [7, 11) is 0. The lowest BCUT2D eigenvalue weighted by molar-refractivity contribution is 0.266. The third kappa shape index (κ3) is 1.89. The number of anilines is 1. The molecule has 94 valence electrons. The van der Waals surface area contributed by atoms with Crippen molar-refractivity contribution in [3.05, 3.63) is 34.9 Å². The van der Waals surface area contributed by atoms with Crippen LogP contribution in [0.1, 0.15) is 12.8 Å². The summed E-state index contributed by atoms with van der Waals surface area (Å²) in [5.74, 6) is 0.991. The first-order valence-electron chi connectivity index (χ1n) is 6.22. The van der Waals surface area contributed by atoms with E-state index in [0.29, 0.717) is 0 Å². The average molecular weight is 307 g/mol. The fraction of sp³-hybridized carbons (Fsp3) is 0.357. The van der Waals surface area contributed by atoms with Gasteiger partial charge in [0, 0.05) is 28.0 Å². The van der Waals surface area contributed by atoms with Crippen molar-refractivity contribution in [1.82, 2.24) is 4.98 Å². The first-order chi connectivity index (χ1) is 8.81. The zero-order chi connectivity index (χ0) is 12.5. The Labute approximate surface area is 115 Å². The summed E-state index contributed by atoms with van der Waals surface area (Å²) in [5, 5.41) is 11.8. The van der Waals surface area contributed by atoms with E-state index in [1.165, 1.54) is 5.39 Å². The summed E-state index contributed by atoms with van der Waals surface area (Å²) in [6, 6.07) is 8.39. The van der Waals surface area contributed by atoms with E-state index in [1.807, 2.05) is 24.4 Å². The van der Waals surface area contributed by atoms with E-state index >= 15 is 0 Å². The number of aromatic nitrogens is 1. The van der Waals surface area contributed by atoms with Crippen LogP contribution in [0.25, 0.3) is 10.8 Å². The van der Waals surface area contributed by atoms with E-state index in [-0.39, 0.29) is 12.6 Å². The molecule has 1 aromatic carbocycles. The Bertz CT molecular complexity index is 573. The Morgan fingerprint density at radius 2 is 2.22 bits per heavy atom. The molecular weight excluding hydrogens is 292 g/mol. The summed E-state index contributed by atoms with van der Waals surface area (Å²) in [6.45, 7) is 1.18. The van der Waals surface area contributed by atoms with Crippen LogP contribution in [0, 0.1) is 0 Å². The highest BCUT2D eigenvalue weighted by molar-refractivity contribution is 9.10. The second-order valence-corrected chi connectivity index (χ2v) is 5.50. The summed E-state index contributed by atoms with van der Waals surface area (Å²) >= 11 is 3.58. The lowest BCUT2D eigenvalue weighted by atomic mass is 10.1. The van der Waals surface area contributed by atoms with Gasteiger partial charge in [0.1, 0.15) is 5.82 Å². The monoisotopic (exact) mass is 306 g/mol. The molecule has 1 atom stereocenters. The number of halogens is 1. The maximum atomic E-state index is 9.45. The fourth-order valence-electron chi connectivity index (χ4n) is 2.69. The van der Waals surface area contributed by atoms with Crippen LogP contribution in [-0.2, 0) is 0 Å². The molecule has 2 heterocycles.